The zero-order chi connectivity index (χ0) is 27.3. The van der Waals surface area contributed by atoms with E-state index in [0.29, 0.717) is 38.6 Å². The maximum absolute atomic E-state index is 13.1. The first-order chi connectivity index (χ1) is 17.6. The number of amides is 5. The minimum atomic E-state index is -1.36. The molecule has 5 atom stereocenters. The van der Waals surface area contributed by atoms with Gasteiger partial charge in [-0.1, -0.05) is 0 Å². The van der Waals surface area contributed by atoms with Crippen molar-refractivity contribution in [2.75, 3.05) is 32.7 Å². The Bertz CT molecular complexity index is 927. The Hall–Kier alpha value is -3.26. The van der Waals surface area contributed by atoms with Gasteiger partial charge in [-0.05, 0) is 45.4 Å². The number of aliphatic carboxylic acids is 1. The van der Waals surface area contributed by atoms with Crippen LogP contribution in [0.25, 0.3) is 0 Å². The van der Waals surface area contributed by atoms with Crippen molar-refractivity contribution in [3.05, 3.63) is 0 Å². The quantitative estimate of drug-likeness (QED) is 0.208. The highest BCUT2D eigenvalue weighted by Gasteiger charge is 2.42. The summed E-state index contributed by atoms with van der Waals surface area (Å²) in [6, 6.07) is -3.98. The lowest BCUT2D eigenvalue weighted by Crippen LogP contribution is -2.59. The van der Waals surface area contributed by atoms with E-state index in [4.69, 9.17) is 5.73 Å². The average molecular weight is 525 g/mol. The number of aliphatic hydroxyl groups is 1. The van der Waals surface area contributed by atoms with Gasteiger partial charge < -0.3 is 41.3 Å². The van der Waals surface area contributed by atoms with Crippen LogP contribution in [0.3, 0.4) is 0 Å². The number of carbonyl (C=O) groups excluding carboxylic acids is 5. The van der Waals surface area contributed by atoms with Crippen LogP contribution in [0.1, 0.15) is 45.4 Å². The number of nitrogens with one attached hydrogen (secondary N) is 2. The van der Waals surface area contributed by atoms with E-state index in [0.717, 1.165) is 4.90 Å². The van der Waals surface area contributed by atoms with Crippen LogP contribution in [0.2, 0.25) is 0 Å². The van der Waals surface area contributed by atoms with Crippen molar-refractivity contribution in [3.63, 3.8) is 0 Å². The van der Waals surface area contributed by atoms with Crippen molar-refractivity contribution in [1.29, 1.82) is 0 Å². The van der Waals surface area contributed by atoms with E-state index in [-0.39, 0.29) is 38.5 Å². The smallest absolute Gasteiger partial charge is 0.326 e. The normalized spacial score (nSPS) is 25.1. The van der Waals surface area contributed by atoms with Crippen LogP contribution in [-0.4, -0.2) is 123 Å². The van der Waals surface area contributed by atoms with E-state index in [2.05, 4.69) is 10.6 Å². The lowest BCUT2D eigenvalue weighted by molar-refractivity contribution is -0.151. The molecule has 3 fully saturated rings. The molecule has 0 aromatic carbocycles. The Morgan fingerprint density at radius 1 is 0.838 bits per heavy atom. The summed E-state index contributed by atoms with van der Waals surface area (Å²) in [6.45, 7) is 1.65. The minimum absolute atomic E-state index is 0.206. The number of aliphatic hydroxyl groups excluding tert-OH is 1. The van der Waals surface area contributed by atoms with Gasteiger partial charge in [-0.25, -0.2) is 4.79 Å². The second-order valence-electron chi connectivity index (χ2n) is 9.67. The number of rotatable bonds is 9. The zero-order valence-electron chi connectivity index (χ0n) is 20.9. The Morgan fingerprint density at radius 2 is 1.35 bits per heavy atom. The Kier molecular flexibility index (Phi) is 9.43. The zero-order valence-corrected chi connectivity index (χ0v) is 20.9. The number of carbonyl (C=O) groups is 6. The molecule has 3 aliphatic rings. The molecule has 6 N–H and O–H groups in total. The van der Waals surface area contributed by atoms with Crippen molar-refractivity contribution in [2.24, 2.45) is 5.73 Å². The van der Waals surface area contributed by atoms with E-state index in [1.807, 2.05) is 0 Å². The highest BCUT2D eigenvalue weighted by atomic mass is 16.4. The lowest BCUT2D eigenvalue weighted by Gasteiger charge is -2.31. The molecule has 0 unspecified atom stereocenters. The number of carboxylic acids is 1. The number of likely N-dealkylation sites (tertiary alicyclic amines) is 3. The summed E-state index contributed by atoms with van der Waals surface area (Å²) in [5, 5.41) is 24.6. The third-order valence-electron chi connectivity index (χ3n) is 7.21. The van der Waals surface area contributed by atoms with Crippen LogP contribution >= 0.6 is 0 Å². The molecule has 0 aromatic heterocycles. The molecule has 3 rings (SSSR count). The highest BCUT2D eigenvalue weighted by molar-refractivity contribution is 5.95. The van der Waals surface area contributed by atoms with E-state index in [9.17, 15) is 39.0 Å². The summed E-state index contributed by atoms with van der Waals surface area (Å²) in [5.41, 5.74) is 5.40. The summed E-state index contributed by atoms with van der Waals surface area (Å²) in [5.74, 6) is -3.78. The largest absolute Gasteiger partial charge is 0.480 e. The molecule has 3 heterocycles. The monoisotopic (exact) mass is 524 g/mol. The van der Waals surface area contributed by atoms with Gasteiger partial charge >= 0.3 is 5.97 Å². The van der Waals surface area contributed by atoms with Gasteiger partial charge in [0.25, 0.3) is 0 Å². The molecule has 0 saturated carbocycles. The van der Waals surface area contributed by atoms with E-state index in [1.54, 1.807) is 0 Å². The predicted molar refractivity (Wildman–Crippen MR) is 128 cm³/mol. The summed E-state index contributed by atoms with van der Waals surface area (Å²) in [4.78, 5) is 78.8. The molecular weight excluding hydrogens is 488 g/mol. The summed E-state index contributed by atoms with van der Waals surface area (Å²) in [6.07, 6.45) is 1.47. The third-order valence-corrected chi connectivity index (χ3v) is 7.21. The van der Waals surface area contributed by atoms with Gasteiger partial charge in [-0.2, -0.15) is 0 Å². The van der Waals surface area contributed by atoms with E-state index < -0.39 is 59.9 Å². The summed E-state index contributed by atoms with van der Waals surface area (Å²) < 4.78 is 0. The molecule has 0 radical (unpaired) electrons. The fourth-order valence-electron chi connectivity index (χ4n) is 5.28. The summed E-state index contributed by atoms with van der Waals surface area (Å²) in [7, 11) is 0. The molecule has 14 heteroatoms. The first-order valence-corrected chi connectivity index (χ1v) is 12.6. The SMILES string of the molecule is C[C@@H](O)[C@H](NC(=O)[C@@H]1CCCN1C(=O)CNC(=O)[C@@H]1CCCN1C(=O)CN)C(=O)N1CCC[C@H]1C(=O)O. The number of hydrogen-bond acceptors (Lipinski definition) is 8. The number of carboxylic acid groups (broad SMARTS) is 1. The molecule has 3 saturated heterocycles. The second kappa shape index (κ2) is 12.3. The number of hydrogen-bond donors (Lipinski definition) is 5. The van der Waals surface area contributed by atoms with Crippen LogP contribution in [0.4, 0.5) is 0 Å². The number of nitrogens with zero attached hydrogens (tertiary/aromatic N) is 3. The number of nitrogens with two attached hydrogens (primary N) is 1. The molecule has 0 aliphatic carbocycles. The fraction of sp³-hybridized carbons (Fsp3) is 0.739. The van der Waals surface area contributed by atoms with Crippen molar-refractivity contribution in [1.82, 2.24) is 25.3 Å². The van der Waals surface area contributed by atoms with Crippen LogP contribution in [0.15, 0.2) is 0 Å². The maximum atomic E-state index is 13.1. The van der Waals surface area contributed by atoms with Gasteiger partial charge in [-0.15, -0.1) is 0 Å². The van der Waals surface area contributed by atoms with Gasteiger partial charge in [0.05, 0.1) is 19.2 Å². The topological polar surface area (TPSA) is 203 Å². The van der Waals surface area contributed by atoms with Crippen molar-refractivity contribution in [2.45, 2.75) is 75.7 Å². The third kappa shape index (κ3) is 6.36. The first kappa shape index (κ1) is 28.3. The van der Waals surface area contributed by atoms with Gasteiger partial charge in [0, 0.05) is 19.6 Å². The molecule has 3 aliphatic heterocycles. The minimum Gasteiger partial charge on any atom is -0.480 e. The summed E-state index contributed by atoms with van der Waals surface area (Å²) >= 11 is 0. The predicted octanol–water partition coefficient (Wildman–Crippen LogP) is -3.02. The molecule has 206 valence electrons. The van der Waals surface area contributed by atoms with Crippen molar-refractivity contribution in [3.8, 4) is 0 Å². The van der Waals surface area contributed by atoms with Gasteiger partial charge in [0.15, 0.2) is 0 Å². The van der Waals surface area contributed by atoms with Gasteiger partial charge in [-0.3, -0.25) is 24.0 Å². The van der Waals surface area contributed by atoms with Crippen molar-refractivity contribution >= 4 is 35.5 Å². The first-order valence-electron chi connectivity index (χ1n) is 12.6. The molecule has 5 amide bonds. The molecule has 0 spiro atoms. The molecule has 14 nitrogen and oxygen atoms in total. The van der Waals surface area contributed by atoms with Crippen LogP contribution < -0.4 is 16.4 Å². The van der Waals surface area contributed by atoms with Crippen LogP contribution in [-0.2, 0) is 28.8 Å². The highest BCUT2D eigenvalue weighted by Crippen LogP contribution is 2.21. The lowest BCUT2D eigenvalue weighted by atomic mass is 10.1. The second-order valence-corrected chi connectivity index (χ2v) is 9.67. The van der Waals surface area contributed by atoms with Crippen molar-refractivity contribution < 1.29 is 39.0 Å². The molecule has 0 bridgehead atoms. The molecule has 0 aromatic rings. The Morgan fingerprint density at radius 3 is 1.89 bits per heavy atom. The fourth-order valence-corrected chi connectivity index (χ4v) is 5.28. The maximum Gasteiger partial charge on any atom is 0.326 e. The van der Waals surface area contributed by atoms with Crippen LogP contribution in [0, 0.1) is 0 Å². The standard InChI is InChI=1S/C23H36N6O8/c1-13(30)19(22(35)29-10-4-7-16(29)23(36)37)26-21(34)15-6-3-9-28(15)18(32)12-25-20(33)14-5-2-8-27(14)17(31)11-24/h13-16,19,30H,2-12,24H2,1H3,(H,25,33)(H,26,34)(H,36,37)/t13-,14+,15+,16+,19+/m1/s1. The van der Waals surface area contributed by atoms with E-state index in [1.165, 1.54) is 16.7 Å². The molecule has 37 heavy (non-hydrogen) atoms. The van der Waals surface area contributed by atoms with Gasteiger partial charge in [0.1, 0.15) is 24.2 Å². The van der Waals surface area contributed by atoms with Gasteiger partial charge in [0.2, 0.25) is 29.5 Å². The Labute approximate surface area is 214 Å². The Balaban J connectivity index is 1.59. The van der Waals surface area contributed by atoms with E-state index >= 15 is 0 Å². The molecular formula is C23H36N6O8. The average Bonchev–Trinajstić information content (AvgIpc) is 3.64. The van der Waals surface area contributed by atoms with Crippen LogP contribution in [0.5, 0.6) is 0 Å².